The largest absolute Gasteiger partial charge is 0.493 e. The molecule has 2 aromatic carbocycles. The number of carbonyl (C=O) groups is 1. The molecule has 8 heteroatoms. The van der Waals surface area contributed by atoms with E-state index in [1.807, 2.05) is 35.8 Å². The summed E-state index contributed by atoms with van der Waals surface area (Å²) in [5.74, 6) is 1.59. The fraction of sp³-hybridized carbons (Fsp3) is 0.320. The van der Waals surface area contributed by atoms with Crippen molar-refractivity contribution in [3.63, 3.8) is 0 Å². The minimum Gasteiger partial charge on any atom is -0.493 e. The normalized spacial score (nSPS) is 13.4. The number of hydrogen-bond donors (Lipinski definition) is 1. The van der Waals surface area contributed by atoms with E-state index in [0.717, 1.165) is 43.6 Å². The van der Waals surface area contributed by atoms with Crippen LogP contribution in [0.15, 0.2) is 42.5 Å². The number of methoxy groups -OCH3 is 1. The Bertz CT molecular complexity index is 1170. The fourth-order valence-corrected chi connectivity index (χ4v) is 3.90. The Morgan fingerprint density at radius 2 is 2.03 bits per heavy atom. The number of nitrogens with one attached hydrogen (secondary N) is 1. The molecular weight excluding hydrogens is 423 g/mol. The number of aromatic nitrogens is 3. The molecule has 4 rings (SSSR count). The van der Waals surface area contributed by atoms with E-state index in [-0.39, 0.29) is 12.5 Å². The van der Waals surface area contributed by atoms with Crippen LogP contribution < -0.4 is 14.8 Å². The summed E-state index contributed by atoms with van der Waals surface area (Å²) in [4.78, 5) is 12.5. The summed E-state index contributed by atoms with van der Waals surface area (Å²) in [5.41, 5.74) is 1.74. The molecule has 1 aliphatic heterocycles. The van der Waals surface area contributed by atoms with Crippen molar-refractivity contribution in [2.75, 3.05) is 19.0 Å². The predicted octanol–water partition coefficient (Wildman–Crippen LogP) is 4.87. The van der Waals surface area contributed by atoms with Crippen LogP contribution in [0.3, 0.4) is 0 Å². The Kier molecular flexibility index (Phi) is 7.02. The van der Waals surface area contributed by atoms with Crippen LogP contribution in [0.25, 0.3) is 17.5 Å². The highest BCUT2D eigenvalue weighted by Crippen LogP contribution is 2.29. The van der Waals surface area contributed by atoms with Gasteiger partial charge in [-0.05, 0) is 55.7 Å². The van der Waals surface area contributed by atoms with Crippen molar-refractivity contribution in [1.29, 1.82) is 0 Å². The molecule has 172 valence electrons. The van der Waals surface area contributed by atoms with Crippen LogP contribution in [0.1, 0.15) is 37.6 Å². The highest BCUT2D eigenvalue weighted by Gasteiger charge is 2.19. The number of benzene rings is 2. The molecule has 0 unspecified atom stereocenters. The molecular formula is C25H27FN4O3. The van der Waals surface area contributed by atoms with E-state index in [9.17, 15) is 9.18 Å². The third-order valence-electron chi connectivity index (χ3n) is 5.51. The smallest absolute Gasteiger partial charge is 0.262 e. The highest BCUT2D eigenvalue weighted by atomic mass is 19.1. The number of carbonyl (C=O) groups excluding carboxylic acids is 1. The Labute approximate surface area is 192 Å². The molecule has 1 aliphatic rings. The van der Waals surface area contributed by atoms with E-state index in [0.29, 0.717) is 28.6 Å². The average Bonchev–Trinajstić information content (AvgIpc) is 3.07. The first-order valence-electron chi connectivity index (χ1n) is 11.0. The van der Waals surface area contributed by atoms with Gasteiger partial charge in [0.15, 0.2) is 23.9 Å². The number of aryl methyl sites for hydroxylation is 1. The van der Waals surface area contributed by atoms with Crippen LogP contribution in [0, 0.1) is 5.82 Å². The number of rotatable bonds is 7. The maximum atomic E-state index is 14.6. The zero-order valence-corrected chi connectivity index (χ0v) is 18.8. The van der Waals surface area contributed by atoms with Gasteiger partial charge < -0.3 is 19.4 Å². The van der Waals surface area contributed by atoms with Gasteiger partial charge in [-0.25, -0.2) is 4.39 Å². The maximum absolute atomic E-state index is 14.6. The Morgan fingerprint density at radius 3 is 2.85 bits per heavy atom. The van der Waals surface area contributed by atoms with Gasteiger partial charge in [-0.2, -0.15) is 0 Å². The maximum Gasteiger partial charge on any atom is 0.262 e. The van der Waals surface area contributed by atoms with Gasteiger partial charge in [0.2, 0.25) is 0 Å². The molecule has 0 aliphatic carbocycles. The number of halogens is 1. The van der Waals surface area contributed by atoms with Crippen molar-refractivity contribution in [3.05, 3.63) is 59.7 Å². The molecule has 0 radical (unpaired) electrons. The summed E-state index contributed by atoms with van der Waals surface area (Å²) in [5, 5.41) is 11.2. The zero-order chi connectivity index (χ0) is 23.2. The molecule has 1 aromatic heterocycles. The lowest BCUT2D eigenvalue weighted by atomic mass is 10.1. The molecule has 0 fully saturated rings. The number of nitrogens with zero attached hydrogens (tertiary/aromatic N) is 3. The lowest BCUT2D eigenvalue weighted by Crippen LogP contribution is -2.20. The molecule has 0 spiro atoms. The number of ether oxygens (including phenoxy) is 2. The molecule has 0 atom stereocenters. The number of fused-ring (bicyclic) bond motifs is 1. The second-order valence-electron chi connectivity index (χ2n) is 7.84. The molecule has 1 N–H and O–H groups in total. The molecule has 0 saturated carbocycles. The van der Waals surface area contributed by atoms with Gasteiger partial charge in [0.25, 0.3) is 5.91 Å². The molecule has 2 heterocycles. The Balaban J connectivity index is 1.46. The van der Waals surface area contributed by atoms with Crippen molar-refractivity contribution in [3.8, 4) is 22.9 Å². The van der Waals surface area contributed by atoms with Crippen LogP contribution in [0.2, 0.25) is 0 Å². The van der Waals surface area contributed by atoms with Crippen LogP contribution in [0.4, 0.5) is 10.1 Å². The van der Waals surface area contributed by atoms with E-state index in [4.69, 9.17) is 9.47 Å². The van der Waals surface area contributed by atoms with Gasteiger partial charge >= 0.3 is 0 Å². The summed E-state index contributed by atoms with van der Waals surface area (Å²) in [7, 11) is 1.55. The fourth-order valence-electron chi connectivity index (χ4n) is 3.90. The molecule has 3 aromatic rings. The first kappa shape index (κ1) is 22.5. The monoisotopic (exact) mass is 450 g/mol. The van der Waals surface area contributed by atoms with Crippen molar-refractivity contribution in [1.82, 2.24) is 14.8 Å². The topological polar surface area (TPSA) is 78.3 Å². The molecule has 33 heavy (non-hydrogen) atoms. The van der Waals surface area contributed by atoms with Crippen LogP contribution in [0.5, 0.6) is 11.5 Å². The van der Waals surface area contributed by atoms with Crippen molar-refractivity contribution >= 4 is 17.7 Å². The van der Waals surface area contributed by atoms with Crippen molar-refractivity contribution in [2.45, 2.75) is 39.2 Å². The lowest BCUT2D eigenvalue weighted by molar-refractivity contribution is -0.118. The number of hydrogen-bond acceptors (Lipinski definition) is 5. The van der Waals surface area contributed by atoms with Crippen LogP contribution in [-0.4, -0.2) is 34.4 Å². The summed E-state index contributed by atoms with van der Waals surface area (Å²) in [6, 6.07) is 9.90. The van der Waals surface area contributed by atoms with E-state index in [1.165, 1.54) is 12.1 Å². The van der Waals surface area contributed by atoms with Gasteiger partial charge in [-0.1, -0.05) is 24.6 Å². The van der Waals surface area contributed by atoms with E-state index >= 15 is 0 Å². The van der Waals surface area contributed by atoms with Gasteiger partial charge in [-0.15, -0.1) is 10.2 Å². The highest BCUT2D eigenvalue weighted by molar-refractivity contribution is 5.92. The minimum atomic E-state index is -0.408. The third-order valence-corrected chi connectivity index (χ3v) is 5.51. The number of allylic oxidation sites excluding steroid dienone is 1. The lowest BCUT2D eigenvalue weighted by Gasteiger charge is -2.12. The average molecular weight is 451 g/mol. The van der Waals surface area contributed by atoms with Crippen molar-refractivity contribution in [2.24, 2.45) is 0 Å². The van der Waals surface area contributed by atoms with Gasteiger partial charge in [-0.3, -0.25) is 4.79 Å². The second-order valence-corrected chi connectivity index (χ2v) is 7.84. The summed E-state index contributed by atoms with van der Waals surface area (Å²) < 4.78 is 27.6. The molecule has 0 saturated heterocycles. The van der Waals surface area contributed by atoms with Gasteiger partial charge in [0.1, 0.15) is 11.6 Å². The van der Waals surface area contributed by atoms with Gasteiger partial charge in [0.05, 0.1) is 12.7 Å². The second kappa shape index (κ2) is 10.3. The van der Waals surface area contributed by atoms with Crippen molar-refractivity contribution < 1.29 is 18.7 Å². The van der Waals surface area contributed by atoms with E-state index in [2.05, 4.69) is 15.5 Å². The van der Waals surface area contributed by atoms with Gasteiger partial charge in [0, 0.05) is 18.7 Å². The van der Waals surface area contributed by atoms with E-state index in [1.54, 1.807) is 19.2 Å². The zero-order valence-electron chi connectivity index (χ0n) is 18.8. The molecule has 0 bridgehead atoms. The summed E-state index contributed by atoms with van der Waals surface area (Å²) in [6.45, 7) is 2.48. The Hall–Kier alpha value is -3.68. The molecule has 1 amide bonds. The third kappa shape index (κ3) is 5.22. The van der Waals surface area contributed by atoms with E-state index < -0.39 is 5.82 Å². The minimum absolute atomic E-state index is 0.216. The first-order chi connectivity index (χ1) is 16.1. The number of anilines is 1. The first-order valence-corrected chi connectivity index (χ1v) is 11.0. The quantitative estimate of drug-likeness (QED) is 0.556. The summed E-state index contributed by atoms with van der Waals surface area (Å²) >= 11 is 0. The SMILES string of the molecule is C/C=C/c1ccc(OCC(=O)Nc2ccc(F)c(-c3nnc4n3CCCCC4)c2)c(OC)c1. The standard InChI is InChI=1S/C25H27FN4O3/c1-3-7-17-9-12-21(22(14-17)32-2)33-16-24(31)27-18-10-11-20(26)19(15-18)25-29-28-23-8-5-4-6-13-30(23)25/h3,7,9-12,14-15H,4-6,8,13,16H2,1-2H3,(H,27,31)/b7-3+. The van der Waals surface area contributed by atoms with Crippen LogP contribution >= 0.6 is 0 Å². The van der Waals surface area contributed by atoms with Crippen LogP contribution in [-0.2, 0) is 17.8 Å². The number of amides is 1. The summed E-state index contributed by atoms with van der Waals surface area (Å²) in [6.07, 6.45) is 7.88. The molecule has 7 nitrogen and oxygen atoms in total. The predicted molar refractivity (Wildman–Crippen MR) is 125 cm³/mol. The Morgan fingerprint density at radius 1 is 1.15 bits per heavy atom.